The van der Waals surface area contributed by atoms with E-state index in [-0.39, 0.29) is 23.6 Å². The van der Waals surface area contributed by atoms with Crippen LogP contribution in [0.3, 0.4) is 0 Å². The first kappa shape index (κ1) is 20.1. The number of hydrogen-bond donors (Lipinski definition) is 0. The van der Waals surface area contributed by atoms with Gasteiger partial charge in [0.2, 0.25) is 11.8 Å². The molecule has 0 bridgehead atoms. The number of Topliss-reactive ketones (excluding diaryl/α,β-unsaturated/α-hetero) is 1. The molecule has 2 fully saturated rings. The van der Waals surface area contributed by atoms with Crippen molar-refractivity contribution in [3.8, 4) is 0 Å². The second-order valence-corrected chi connectivity index (χ2v) is 9.45. The number of carbonyl (C=O) groups excluding carboxylic acids is 3. The van der Waals surface area contributed by atoms with Gasteiger partial charge in [0, 0.05) is 15.7 Å². The lowest BCUT2D eigenvalue weighted by atomic mass is 9.86. The van der Waals surface area contributed by atoms with E-state index in [1.807, 2.05) is 59.5 Å². The SMILES string of the molecule is O=C(c1ccccc1)[C@@H]1[C@@H]2C(=O)N(c3ccc(Br)cc3)C(=O)[C@H]2[C@@H]2C=Cc3ccccc3N12. The summed E-state index contributed by atoms with van der Waals surface area (Å²) in [6, 6.07) is 22.8. The smallest absolute Gasteiger partial charge is 0.240 e. The van der Waals surface area contributed by atoms with Gasteiger partial charge in [0.15, 0.2) is 5.78 Å². The van der Waals surface area contributed by atoms with Crippen molar-refractivity contribution in [1.82, 2.24) is 0 Å². The molecule has 3 aromatic carbocycles. The van der Waals surface area contributed by atoms with E-state index in [1.165, 1.54) is 4.90 Å². The lowest BCUT2D eigenvalue weighted by Crippen LogP contribution is -2.48. The summed E-state index contributed by atoms with van der Waals surface area (Å²) in [6.07, 6.45) is 3.96. The summed E-state index contributed by atoms with van der Waals surface area (Å²) in [4.78, 5) is 44.5. The fourth-order valence-corrected chi connectivity index (χ4v) is 5.70. The van der Waals surface area contributed by atoms with Crippen molar-refractivity contribution in [2.45, 2.75) is 12.1 Å². The fourth-order valence-electron chi connectivity index (χ4n) is 5.43. The van der Waals surface area contributed by atoms with E-state index < -0.39 is 17.9 Å². The molecule has 2 saturated heterocycles. The van der Waals surface area contributed by atoms with Crippen molar-refractivity contribution in [3.63, 3.8) is 0 Å². The first-order chi connectivity index (χ1) is 16.1. The Balaban J connectivity index is 1.50. The number of amides is 2. The van der Waals surface area contributed by atoms with Crippen LogP contribution in [0.2, 0.25) is 0 Å². The molecule has 3 aromatic rings. The van der Waals surface area contributed by atoms with Gasteiger partial charge in [-0.2, -0.15) is 0 Å². The third kappa shape index (κ3) is 2.94. The number of para-hydroxylation sites is 1. The van der Waals surface area contributed by atoms with Crippen LogP contribution < -0.4 is 9.80 Å². The molecule has 162 valence electrons. The molecule has 0 spiro atoms. The van der Waals surface area contributed by atoms with E-state index in [0.29, 0.717) is 11.3 Å². The summed E-state index contributed by atoms with van der Waals surface area (Å²) in [5.41, 5.74) is 2.92. The number of nitrogens with zero attached hydrogens (tertiary/aromatic N) is 2. The molecular weight excluding hydrogens is 480 g/mol. The van der Waals surface area contributed by atoms with Crippen molar-refractivity contribution in [1.29, 1.82) is 0 Å². The maximum absolute atomic E-state index is 13.8. The number of carbonyl (C=O) groups is 3. The quantitative estimate of drug-likeness (QED) is 0.387. The molecule has 5 nitrogen and oxygen atoms in total. The van der Waals surface area contributed by atoms with E-state index in [9.17, 15) is 14.4 Å². The molecule has 33 heavy (non-hydrogen) atoms. The highest BCUT2D eigenvalue weighted by Gasteiger charge is 2.64. The number of rotatable bonds is 3. The van der Waals surface area contributed by atoms with Gasteiger partial charge in [0.05, 0.1) is 23.6 Å². The zero-order valence-corrected chi connectivity index (χ0v) is 19.1. The van der Waals surface area contributed by atoms with Crippen molar-refractivity contribution in [2.75, 3.05) is 9.80 Å². The van der Waals surface area contributed by atoms with E-state index in [1.54, 1.807) is 36.4 Å². The number of halogens is 1. The molecule has 6 heteroatoms. The van der Waals surface area contributed by atoms with Crippen LogP contribution in [0.15, 0.2) is 89.4 Å². The second kappa shape index (κ2) is 7.52. The number of anilines is 2. The molecule has 2 amide bonds. The zero-order valence-electron chi connectivity index (χ0n) is 17.5. The number of fused-ring (bicyclic) bond motifs is 5. The highest BCUT2D eigenvalue weighted by molar-refractivity contribution is 9.10. The average molecular weight is 499 g/mol. The highest BCUT2D eigenvalue weighted by Crippen LogP contribution is 2.49. The Labute approximate surface area is 199 Å². The molecule has 0 unspecified atom stereocenters. The Bertz CT molecular complexity index is 1320. The van der Waals surface area contributed by atoms with Crippen molar-refractivity contribution in [3.05, 3.63) is 101 Å². The van der Waals surface area contributed by atoms with Gasteiger partial charge in [0.1, 0.15) is 6.04 Å². The topological polar surface area (TPSA) is 57.7 Å². The molecule has 0 aromatic heterocycles. The first-order valence-electron chi connectivity index (χ1n) is 10.8. The molecule has 0 aliphatic carbocycles. The van der Waals surface area contributed by atoms with Gasteiger partial charge in [-0.15, -0.1) is 0 Å². The molecular formula is C27H19BrN2O3. The second-order valence-electron chi connectivity index (χ2n) is 8.53. The van der Waals surface area contributed by atoms with Gasteiger partial charge in [-0.3, -0.25) is 14.4 Å². The normalized spacial score (nSPS) is 25.1. The van der Waals surface area contributed by atoms with Crippen molar-refractivity contribution in [2.24, 2.45) is 11.8 Å². The van der Waals surface area contributed by atoms with Gasteiger partial charge < -0.3 is 4.90 Å². The summed E-state index contributed by atoms with van der Waals surface area (Å²) in [6.45, 7) is 0. The van der Waals surface area contributed by atoms with Crippen LogP contribution in [0.1, 0.15) is 15.9 Å². The third-order valence-electron chi connectivity index (χ3n) is 6.83. The van der Waals surface area contributed by atoms with Crippen molar-refractivity contribution >= 4 is 51.0 Å². The monoisotopic (exact) mass is 498 g/mol. The summed E-state index contributed by atoms with van der Waals surface area (Å²) >= 11 is 3.40. The largest absolute Gasteiger partial charge is 0.352 e. The van der Waals surface area contributed by atoms with Crippen LogP contribution in [0.4, 0.5) is 11.4 Å². The number of hydrogen-bond acceptors (Lipinski definition) is 4. The van der Waals surface area contributed by atoms with E-state index in [4.69, 9.17) is 0 Å². The van der Waals surface area contributed by atoms with Crippen LogP contribution >= 0.6 is 15.9 Å². The summed E-state index contributed by atoms with van der Waals surface area (Å²) in [5.74, 6) is -2.09. The van der Waals surface area contributed by atoms with E-state index in [2.05, 4.69) is 15.9 Å². The maximum atomic E-state index is 13.8. The molecule has 6 rings (SSSR count). The molecule has 0 radical (unpaired) electrons. The average Bonchev–Trinajstić information content (AvgIpc) is 3.33. The lowest BCUT2D eigenvalue weighted by molar-refractivity contribution is -0.122. The van der Waals surface area contributed by atoms with E-state index in [0.717, 1.165) is 15.7 Å². The number of ketones is 1. The minimum atomic E-state index is -0.759. The van der Waals surface area contributed by atoms with Gasteiger partial charge in [-0.1, -0.05) is 76.6 Å². The predicted molar refractivity (Wildman–Crippen MR) is 130 cm³/mol. The summed E-state index contributed by atoms with van der Waals surface area (Å²) in [7, 11) is 0. The molecule has 0 N–H and O–H groups in total. The number of benzene rings is 3. The fraction of sp³-hybridized carbons (Fsp3) is 0.148. The Kier molecular flexibility index (Phi) is 4.59. The highest BCUT2D eigenvalue weighted by atomic mass is 79.9. The predicted octanol–water partition coefficient (Wildman–Crippen LogP) is 4.72. The molecule has 3 aliphatic heterocycles. The Morgan fingerprint density at radius 1 is 0.788 bits per heavy atom. The summed E-state index contributed by atoms with van der Waals surface area (Å²) in [5, 5.41) is 0. The molecule has 0 saturated carbocycles. The third-order valence-corrected chi connectivity index (χ3v) is 7.36. The Morgan fingerprint density at radius 2 is 1.45 bits per heavy atom. The standard InChI is InChI=1S/C27H19BrN2O3/c28-18-11-13-19(14-12-18)29-26(32)22-21-15-10-16-6-4-5-9-20(16)30(21)24(23(22)27(29)33)25(31)17-7-2-1-3-8-17/h1-15,21-24H/t21-,22-,23+,24-/m0/s1. The lowest BCUT2D eigenvalue weighted by Gasteiger charge is -2.36. The van der Waals surface area contributed by atoms with E-state index >= 15 is 0 Å². The zero-order chi connectivity index (χ0) is 22.7. The Morgan fingerprint density at radius 3 is 2.21 bits per heavy atom. The van der Waals surface area contributed by atoms with Crippen LogP contribution in [0, 0.1) is 11.8 Å². The summed E-state index contributed by atoms with van der Waals surface area (Å²) < 4.78 is 0.862. The van der Waals surface area contributed by atoms with Crippen LogP contribution in [0.25, 0.3) is 6.08 Å². The number of imide groups is 1. The van der Waals surface area contributed by atoms with Crippen molar-refractivity contribution < 1.29 is 14.4 Å². The van der Waals surface area contributed by atoms with Crippen LogP contribution in [0.5, 0.6) is 0 Å². The molecule has 4 atom stereocenters. The van der Waals surface area contributed by atoms with Crippen LogP contribution in [-0.2, 0) is 9.59 Å². The minimum Gasteiger partial charge on any atom is -0.352 e. The van der Waals surface area contributed by atoms with Crippen LogP contribution in [-0.4, -0.2) is 29.7 Å². The Hall–Kier alpha value is -3.51. The molecule has 3 heterocycles. The first-order valence-corrected chi connectivity index (χ1v) is 11.6. The maximum Gasteiger partial charge on any atom is 0.240 e. The molecule has 3 aliphatic rings. The van der Waals surface area contributed by atoms with Gasteiger partial charge in [-0.05, 0) is 35.9 Å². The van der Waals surface area contributed by atoms with Gasteiger partial charge in [0.25, 0.3) is 0 Å². The van der Waals surface area contributed by atoms with Gasteiger partial charge in [-0.25, -0.2) is 4.90 Å². The van der Waals surface area contributed by atoms with Gasteiger partial charge >= 0.3 is 0 Å². The minimum absolute atomic E-state index is 0.142.